The van der Waals surface area contributed by atoms with E-state index in [1.807, 2.05) is 13.1 Å². The molecule has 0 spiro atoms. The van der Waals surface area contributed by atoms with E-state index in [4.69, 9.17) is 5.73 Å². The summed E-state index contributed by atoms with van der Waals surface area (Å²) in [5.41, 5.74) is 9.08. The summed E-state index contributed by atoms with van der Waals surface area (Å²) in [6.07, 6.45) is 1.28. The number of rotatable bonds is 1. The third kappa shape index (κ3) is 2.22. The minimum absolute atomic E-state index is 0.0180. The smallest absolute Gasteiger partial charge is 0.248 e. The maximum atomic E-state index is 12.0. The fourth-order valence-corrected chi connectivity index (χ4v) is 3.78. The molecule has 3 rings (SSSR count). The summed E-state index contributed by atoms with van der Waals surface area (Å²) >= 11 is 0. The maximum absolute atomic E-state index is 12.0. The van der Waals surface area contributed by atoms with Crippen LogP contribution in [0.2, 0.25) is 0 Å². The molecule has 1 aromatic carbocycles. The maximum Gasteiger partial charge on any atom is 0.248 e. The van der Waals surface area contributed by atoms with Gasteiger partial charge in [0.15, 0.2) is 0 Å². The summed E-state index contributed by atoms with van der Waals surface area (Å²) in [6, 6.07) is 6.28. The topological polar surface area (TPSA) is 49.6 Å². The highest BCUT2D eigenvalue weighted by molar-refractivity contribution is 6.04. The predicted octanol–water partition coefficient (Wildman–Crippen LogP) is 2.53. The van der Waals surface area contributed by atoms with Gasteiger partial charge in [-0.1, -0.05) is 19.9 Å². The van der Waals surface area contributed by atoms with Gasteiger partial charge in [0.05, 0.1) is 5.69 Å². The third-order valence-electron chi connectivity index (χ3n) is 5.24. The molecule has 0 aliphatic carbocycles. The number of anilines is 2. The van der Waals surface area contributed by atoms with E-state index in [0.717, 1.165) is 17.8 Å². The molecule has 0 radical (unpaired) electrons. The van der Waals surface area contributed by atoms with Gasteiger partial charge in [0.2, 0.25) is 5.91 Å². The van der Waals surface area contributed by atoms with Crippen molar-refractivity contribution in [3.05, 3.63) is 23.8 Å². The number of benzene rings is 1. The Morgan fingerprint density at radius 1 is 1.24 bits per heavy atom. The van der Waals surface area contributed by atoms with Crippen LogP contribution < -0.4 is 15.5 Å². The molecule has 4 nitrogen and oxygen atoms in total. The van der Waals surface area contributed by atoms with Crippen LogP contribution in [-0.4, -0.2) is 25.5 Å². The summed E-state index contributed by atoms with van der Waals surface area (Å²) in [5.74, 6) is 1.37. The first-order valence-corrected chi connectivity index (χ1v) is 7.84. The average molecular weight is 287 g/mol. The van der Waals surface area contributed by atoms with E-state index in [1.54, 1.807) is 4.90 Å². The van der Waals surface area contributed by atoms with Crippen molar-refractivity contribution in [3.8, 4) is 0 Å². The Morgan fingerprint density at radius 2 is 1.95 bits per heavy atom. The van der Waals surface area contributed by atoms with Gasteiger partial charge in [0.25, 0.3) is 0 Å². The van der Waals surface area contributed by atoms with Crippen molar-refractivity contribution in [2.75, 3.05) is 23.4 Å². The van der Waals surface area contributed by atoms with E-state index in [2.05, 4.69) is 37.8 Å². The van der Waals surface area contributed by atoms with Gasteiger partial charge in [-0.2, -0.15) is 0 Å². The van der Waals surface area contributed by atoms with Crippen molar-refractivity contribution < 1.29 is 4.79 Å². The van der Waals surface area contributed by atoms with Crippen LogP contribution in [0.25, 0.3) is 0 Å². The number of piperidine rings is 1. The van der Waals surface area contributed by atoms with Crippen LogP contribution in [0.15, 0.2) is 18.2 Å². The first-order chi connectivity index (χ1) is 9.90. The van der Waals surface area contributed by atoms with Gasteiger partial charge in [-0.05, 0) is 37.3 Å². The molecule has 1 fully saturated rings. The molecular weight excluding hydrogens is 262 g/mol. The lowest BCUT2D eigenvalue weighted by molar-refractivity contribution is -0.118. The van der Waals surface area contributed by atoms with Gasteiger partial charge >= 0.3 is 0 Å². The second kappa shape index (κ2) is 5.02. The summed E-state index contributed by atoms with van der Waals surface area (Å²) in [6.45, 7) is 8.01. The lowest BCUT2D eigenvalue weighted by Crippen LogP contribution is -2.45. The van der Waals surface area contributed by atoms with Crippen molar-refractivity contribution in [2.45, 2.75) is 39.3 Å². The highest BCUT2D eigenvalue weighted by Crippen LogP contribution is 2.38. The molecule has 0 saturated carbocycles. The number of carbonyl (C=O) groups is 1. The molecular formula is C17H25N3O. The zero-order chi connectivity index (χ0) is 15.3. The van der Waals surface area contributed by atoms with Crippen LogP contribution in [0.5, 0.6) is 0 Å². The highest BCUT2D eigenvalue weighted by Gasteiger charge is 2.34. The van der Waals surface area contributed by atoms with Crippen molar-refractivity contribution in [3.63, 3.8) is 0 Å². The normalized spacial score (nSPS) is 32.5. The summed E-state index contributed by atoms with van der Waals surface area (Å²) in [7, 11) is 1.81. The number of hydrogen-bond donors (Lipinski definition) is 1. The molecule has 0 bridgehead atoms. The van der Waals surface area contributed by atoms with Gasteiger partial charge in [-0.3, -0.25) is 4.79 Å². The molecule has 0 aromatic heterocycles. The number of hydrogen-bond acceptors (Lipinski definition) is 3. The molecule has 1 aromatic rings. The van der Waals surface area contributed by atoms with Crippen LogP contribution in [0.3, 0.4) is 0 Å². The molecule has 114 valence electrons. The summed E-state index contributed by atoms with van der Waals surface area (Å²) in [5, 5.41) is 0. The number of likely N-dealkylation sites (N-methyl/N-ethyl adjacent to an activating group) is 1. The van der Waals surface area contributed by atoms with E-state index in [0.29, 0.717) is 17.9 Å². The zero-order valence-corrected chi connectivity index (χ0v) is 13.3. The van der Waals surface area contributed by atoms with Crippen LogP contribution in [0.4, 0.5) is 11.4 Å². The Labute approximate surface area is 126 Å². The van der Waals surface area contributed by atoms with Gasteiger partial charge in [-0.15, -0.1) is 0 Å². The van der Waals surface area contributed by atoms with Crippen LogP contribution >= 0.6 is 0 Å². The van der Waals surface area contributed by atoms with E-state index in [9.17, 15) is 4.79 Å². The van der Waals surface area contributed by atoms with Crippen LogP contribution in [-0.2, 0) is 4.79 Å². The largest absolute Gasteiger partial charge is 0.368 e. The monoisotopic (exact) mass is 287 g/mol. The lowest BCUT2D eigenvalue weighted by atomic mass is 9.85. The molecule has 2 heterocycles. The number of fused-ring (bicyclic) bond motifs is 1. The molecule has 2 N–H and O–H groups in total. The Balaban J connectivity index is 1.96. The second-order valence-electron chi connectivity index (χ2n) is 6.83. The molecule has 2 aliphatic rings. The average Bonchev–Trinajstić information content (AvgIpc) is 2.67. The Kier molecular flexibility index (Phi) is 3.44. The molecule has 1 amide bonds. The van der Waals surface area contributed by atoms with E-state index in [-0.39, 0.29) is 5.91 Å². The number of nitrogens with two attached hydrogens (primary N) is 1. The fraction of sp³-hybridized carbons (Fsp3) is 0.588. The van der Waals surface area contributed by atoms with Crippen molar-refractivity contribution in [2.24, 2.45) is 17.6 Å². The van der Waals surface area contributed by atoms with Gasteiger partial charge < -0.3 is 15.5 Å². The Morgan fingerprint density at radius 3 is 2.67 bits per heavy atom. The minimum Gasteiger partial charge on any atom is -0.368 e. The third-order valence-corrected chi connectivity index (χ3v) is 5.24. The minimum atomic E-state index is -0.504. The first-order valence-electron chi connectivity index (χ1n) is 7.84. The SMILES string of the molecule is CC1CC(C)C(C)N(c2ccc3c(c2)N(C)C(=O)C3N)C1. The van der Waals surface area contributed by atoms with Crippen LogP contribution in [0.1, 0.15) is 38.8 Å². The van der Waals surface area contributed by atoms with Gasteiger partial charge in [-0.25, -0.2) is 0 Å². The predicted molar refractivity (Wildman–Crippen MR) is 86.5 cm³/mol. The van der Waals surface area contributed by atoms with Crippen molar-refractivity contribution >= 4 is 17.3 Å². The van der Waals surface area contributed by atoms with E-state index in [1.165, 1.54) is 12.1 Å². The molecule has 2 aliphatic heterocycles. The second-order valence-corrected chi connectivity index (χ2v) is 6.83. The van der Waals surface area contributed by atoms with E-state index < -0.39 is 6.04 Å². The molecule has 21 heavy (non-hydrogen) atoms. The van der Waals surface area contributed by atoms with Crippen molar-refractivity contribution in [1.29, 1.82) is 0 Å². The quantitative estimate of drug-likeness (QED) is 0.863. The summed E-state index contributed by atoms with van der Waals surface area (Å²) in [4.78, 5) is 16.2. The number of carbonyl (C=O) groups excluding carboxylic acids is 1. The number of nitrogens with zero attached hydrogens (tertiary/aromatic N) is 2. The lowest BCUT2D eigenvalue weighted by Gasteiger charge is -2.43. The molecule has 4 unspecified atom stereocenters. The van der Waals surface area contributed by atoms with Crippen LogP contribution in [0, 0.1) is 11.8 Å². The van der Waals surface area contributed by atoms with E-state index >= 15 is 0 Å². The zero-order valence-electron chi connectivity index (χ0n) is 13.3. The molecule has 4 heteroatoms. The molecule has 4 atom stereocenters. The number of amides is 1. The Bertz CT molecular complexity index is 571. The van der Waals surface area contributed by atoms with Gasteiger partial charge in [0.1, 0.15) is 6.04 Å². The first kappa shape index (κ1) is 14.4. The summed E-state index contributed by atoms with van der Waals surface area (Å²) < 4.78 is 0. The standard InChI is InChI=1S/C17H25N3O/c1-10-7-11(2)12(3)20(9-10)13-5-6-14-15(8-13)19(4)17(21)16(14)18/h5-6,8,10-12,16H,7,9,18H2,1-4H3. The fourth-order valence-electron chi connectivity index (χ4n) is 3.78. The highest BCUT2D eigenvalue weighted by atomic mass is 16.2. The van der Waals surface area contributed by atoms with Gasteiger partial charge in [0, 0.05) is 30.9 Å². The van der Waals surface area contributed by atoms with Crippen molar-refractivity contribution in [1.82, 2.24) is 0 Å². The molecule has 1 saturated heterocycles. The Hall–Kier alpha value is -1.55.